The van der Waals surface area contributed by atoms with E-state index in [1.54, 1.807) is 34.3 Å². The Morgan fingerprint density at radius 1 is 0.722 bits per heavy atom. The number of urea groups is 2. The van der Waals surface area contributed by atoms with Gasteiger partial charge in [0, 0.05) is 71.8 Å². The molecule has 0 saturated carbocycles. The van der Waals surface area contributed by atoms with E-state index in [9.17, 15) is 20.1 Å². The van der Waals surface area contributed by atoms with Crippen LogP contribution in [-0.4, -0.2) is 44.9 Å². The van der Waals surface area contributed by atoms with Gasteiger partial charge in [-0.05, 0) is 111 Å². The first-order valence-electron chi connectivity index (χ1n) is 18.4. The van der Waals surface area contributed by atoms with E-state index >= 15 is 0 Å². The third kappa shape index (κ3) is 6.32. The van der Waals surface area contributed by atoms with E-state index in [-0.39, 0.29) is 23.9 Å². The van der Waals surface area contributed by atoms with Gasteiger partial charge in [0.05, 0.1) is 34.4 Å². The van der Waals surface area contributed by atoms with Crippen LogP contribution in [0.2, 0.25) is 10.0 Å². The number of halogens is 2. The Morgan fingerprint density at radius 2 is 1.13 bits per heavy atom. The van der Waals surface area contributed by atoms with Crippen LogP contribution in [0.25, 0.3) is 0 Å². The molecule has 2 aromatic heterocycles. The third-order valence-electron chi connectivity index (χ3n) is 11.9. The fourth-order valence-electron chi connectivity index (χ4n) is 8.49. The van der Waals surface area contributed by atoms with Crippen LogP contribution in [0, 0.1) is 22.7 Å². The minimum Gasteiger partial charge on any atom is -0.320 e. The van der Waals surface area contributed by atoms with E-state index < -0.39 is 10.8 Å². The maximum atomic E-state index is 12.2. The number of anilines is 2. The van der Waals surface area contributed by atoms with E-state index in [4.69, 9.17) is 23.2 Å². The van der Waals surface area contributed by atoms with Crippen molar-refractivity contribution in [2.45, 2.75) is 89.1 Å². The van der Waals surface area contributed by atoms with Gasteiger partial charge in [-0.1, -0.05) is 47.5 Å². The van der Waals surface area contributed by atoms with Crippen LogP contribution in [0.3, 0.4) is 0 Å². The van der Waals surface area contributed by atoms with Crippen LogP contribution in [0.15, 0.2) is 60.9 Å². The average molecular weight is 762 g/mol. The van der Waals surface area contributed by atoms with E-state index in [2.05, 4.69) is 32.7 Å². The zero-order valence-electron chi connectivity index (χ0n) is 30.8. The van der Waals surface area contributed by atoms with Crippen molar-refractivity contribution in [1.29, 1.82) is 10.5 Å². The molecular formula is C42H42Cl2N8O2. The smallest absolute Gasteiger partial charge is 0.320 e. The average Bonchev–Trinajstić information content (AvgIpc) is 3.84. The van der Waals surface area contributed by atoms with Crippen LogP contribution < -0.4 is 10.6 Å². The Bertz CT molecular complexity index is 2090. The monoisotopic (exact) mass is 760 g/mol. The number of amides is 4. The summed E-state index contributed by atoms with van der Waals surface area (Å²) in [4.78, 5) is 37.0. The summed E-state index contributed by atoms with van der Waals surface area (Å²) < 4.78 is 0. The van der Waals surface area contributed by atoms with Crippen LogP contribution in [0.5, 0.6) is 0 Å². The van der Waals surface area contributed by atoms with Crippen molar-refractivity contribution in [1.82, 2.24) is 19.8 Å². The zero-order valence-corrected chi connectivity index (χ0v) is 32.4. The molecule has 8 rings (SSSR count). The lowest BCUT2D eigenvalue weighted by Crippen LogP contribution is -2.38. The number of fused-ring (bicyclic) bond motifs is 4. The van der Waals surface area contributed by atoms with Crippen molar-refractivity contribution in [2.24, 2.45) is 0 Å². The SMILES string of the molecule is CCN1Cc2ccc([C@@](C)(C#N)[C@@H]3CCc4c(Cl)ccnc43)cc2NC1=O.CCN1Cc2ccc([C@](C)(C#N)[C@@H]3CCc4c(Cl)ccnc43)cc2NC1=O. The summed E-state index contributed by atoms with van der Waals surface area (Å²) in [7, 11) is 0. The maximum Gasteiger partial charge on any atom is 0.322 e. The minimum atomic E-state index is -0.745. The van der Waals surface area contributed by atoms with Crippen molar-refractivity contribution in [3.8, 4) is 12.1 Å². The molecule has 2 aromatic carbocycles. The molecule has 4 aromatic rings. The van der Waals surface area contributed by atoms with E-state index in [1.165, 1.54) is 0 Å². The Morgan fingerprint density at radius 3 is 1.50 bits per heavy atom. The standard InChI is InChI=1S/2C21H21ClN4O/c2*1-3-26-11-13-4-5-14(10-18(13)25-20(26)27)21(2,12-23)16-7-6-15-17(22)8-9-24-19(15)16/h2*4-5,8-10,16H,3,6-7,11H2,1-2H3,(H,25,27)/t16-,21+;16-,21-/m11/s1. The second kappa shape index (κ2) is 14.6. The Labute approximate surface area is 326 Å². The van der Waals surface area contributed by atoms with Crippen LogP contribution in [-0.2, 0) is 36.8 Å². The first kappa shape index (κ1) is 37.2. The lowest BCUT2D eigenvalue weighted by Gasteiger charge is -2.32. The van der Waals surface area contributed by atoms with Gasteiger partial charge in [0.15, 0.2) is 0 Å². The van der Waals surface area contributed by atoms with Gasteiger partial charge >= 0.3 is 12.1 Å². The first-order valence-corrected chi connectivity index (χ1v) is 19.2. The van der Waals surface area contributed by atoms with Crippen molar-refractivity contribution >= 4 is 46.6 Å². The highest BCUT2D eigenvalue weighted by molar-refractivity contribution is 6.31. The first-order chi connectivity index (χ1) is 25.9. The molecule has 4 heterocycles. The van der Waals surface area contributed by atoms with Crippen molar-refractivity contribution in [2.75, 3.05) is 23.7 Å². The number of nitriles is 2. The number of nitrogens with one attached hydrogen (secondary N) is 2. The van der Waals surface area contributed by atoms with E-state index in [0.29, 0.717) is 26.2 Å². The summed E-state index contributed by atoms with van der Waals surface area (Å²) >= 11 is 12.7. The van der Waals surface area contributed by atoms with Crippen molar-refractivity contribution < 1.29 is 9.59 Å². The molecule has 4 aliphatic rings. The van der Waals surface area contributed by atoms with Gasteiger partial charge in [-0.3, -0.25) is 9.97 Å². The second-order valence-electron chi connectivity index (χ2n) is 14.8. The Balaban J connectivity index is 0.000000167. The van der Waals surface area contributed by atoms with Crippen LogP contribution >= 0.6 is 23.2 Å². The lowest BCUT2D eigenvalue weighted by molar-refractivity contribution is 0.209. The van der Waals surface area contributed by atoms with E-state index in [1.807, 2.05) is 64.1 Å². The molecule has 2 aliphatic carbocycles. The molecule has 4 amide bonds. The Kier molecular flexibility index (Phi) is 10.0. The zero-order chi connectivity index (χ0) is 38.4. The van der Waals surface area contributed by atoms with Gasteiger partial charge in [-0.25, -0.2) is 9.59 Å². The number of aromatic nitrogens is 2. The minimum absolute atomic E-state index is 0.0271. The fraction of sp³-hybridized carbons (Fsp3) is 0.381. The van der Waals surface area contributed by atoms with Gasteiger partial charge in [-0.2, -0.15) is 10.5 Å². The van der Waals surface area contributed by atoms with Crippen LogP contribution in [0.4, 0.5) is 21.0 Å². The summed E-state index contributed by atoms with van der Waals surface area (Å²) in [6.45, 7) is 10.3. The number of rotatable bonds is 6. The van der Waals surface area contributed by atoms with Crippen molar-refractivity contribution in [3.05, 3.63) is 116 Å². The number of hydrogen-bond acceptors (Lipinski definition) is 6. The molecule has 12 heteroatoms. The molecule has 54 heavy (non-hydrogen) atoms. The summed E-state index contributed by atoms with van der Waals surface area (Å²) in [5.74, 6) is -0.0543. The normalized spacial score (nSPS) is 20.3. The highest BCUT2D eigenvalue weighted by Crippen LogP contribution is 2.49. The number of carbonyl (C=O) groups is 2. The molecule has 276 valence electrons. The number of pyridine rings is 2. The van der Waals surface area contributed by atoms with Gasteiger partial charge in [0.2, 0.25) is 0 Å². The highest BCUT2D eigenvalue weighted by Gasteiger charge is 2.44. The quantitative estimate of drug-likeness (QED) is 0.201. The molecular weight excluding hydrogens is 719 g/mol. The Hall–Kier alpha value is -5.16. The molecule has 2 aliphatic heterocycles. The highest BCUT2D eigenvalue weighted by atomic mass is 35.5. The molecule has 10 nitrogen and oxygen atoms in total. The van der Waals surface area contributed by atoms with Gasteiger partial charge in [0.25, 0.3) is 0 Å². The molecule has 2 N–H and O–H groups in total. The topological polar surface area (TPSA) is 138 Å². The van der Waals surface area contributed by atoms with Gasteiger partial charge in [0.1, 0.15) is 0 Å². The summed E-state index contributed by atoms with van der Waals surface area (Å²) in [6, 6.07) is 20.4. The van der Waals surface area contributed by atoms with E-state index in [0.717, 1.165) is 91.9 Å². The van der Waals surface area contributed by atoms with Gasteiger partial charge in [-0.15, -0.1) is 0 Å². The second-order valence-corrected chi connectivity index (χ2v) is 15.6. The lowest BCUT2D eigenvalue weighted by atomic mass is 9.71. The third-order valence-corrected chi connectivity index (χ3v) is 12.6. The number of carbonyl (C=O) groups excluding carboxylic acids is 2. The maximum absolute atomic E-state index is 12.2. The molecule has 0 spiro atoms. The molecule has 4 atom stereocenters. The van der Waals surface area contributed by atoms with Gasteiger partial charge < -0.3 is 20.4 Å². The predicted octanol–water partition coefficient (Wildman–Crippen LogP) is 9.23. The summed E-state index contributed by atoms with van der Waals surface area (Å²) in [6.07, 6.45) is 6.76. The number of hydrogen-bond donors (Lipinski definition) is 2. The predicted molar refractivity (Wildman–Crippen MR) is 210 cm³/mol. The van der Waals surface area contributed by atoms with Crippen LogP contribution in [0.1, 0.15) is 97.1 Å². The van der Waals surface area contributed by atoms with Crippen molar-refractivity contribution in [3.63, 3.8) is 0 Å². The fourth-order valence-corrected chi connectivity index (χ4v) is 8.98. The molecule has 0 fully saturated rings. The largest absolute Gasteiger partial charge is 0.322 e. The molecule has 0 unspecified atom stereocenters. The summed E-state index contributed by atoms with van der Waals surface area (Å²) in [5.41, 5.74) is 7.96. The molecule has 0 radical (unpaired) electrons. The number of benzene rings is 2. The molecule has 0 bridgehead atoms. The summed E-state index contributed by atoms with van der Waals surface area (Å²) in [5, 5.41) is 27.6. The molecule has 0 saturated heterocycles. The number of nitrogens with zero attached hydrogens (tertiary/aromatic N) is 6.